The van der Waals surface area contributed by atoms with Gasteiger partial charge in [0.15, 0.2) is 0 Å². The summed E-state index contributed by atoms with van der Waals surface area (Å²) in [5, 5.41) is 0. The van der Waals surface area contributed by atoms with E-state index in [1.807, 2.05) is 6.08 Å². The predicted molar refractivity (Wildman–Crippen MR) is 65.8 cm³/mol. The van der Waals surface area contributed by atoms with Gasteiger partial charge in [0, 0.05) is 6.42 Å². The molecule has 0 aliphatic rings. The van der Waals surface area contributed by atoms with E-state index in [4.69, 9.17) is 4.74 Å². The molecule has 0 aliphatic heterocycles. The van der Waals surface area contributed by atoms with Crippen molar-refractivity contribution in [2.24, 2.45) is 0 Å². The van der Waals surface area contributed by atoms with Crippen molar-refractivity contribution in [2.75, 3.05) is 13.2 Å². The normalized spacial score (nSPS) is 10.1. The Kier molecular flexibility index (Phi) is 11.6. The average Bonchev–Trinajstić information content (AvgIpc) is 2.30. The van der Waals surface area contributed by atoms with E-state index in [2.05, 4.69) is 12.3 Å². The fourth-order valence-electron chi connectivity index (χ4n) is 1.52. The molecule has 0 fully saturated rings. The van der Waals surface area contributed by atoms with E-state index in [1.165, 1.54) is 25.7 Å². The van der Waals surface area contributed by atoms with Crippen LogP contribution < -0.4 is 5.73 Å². The minimum atomic E-state index is -0.0738. The monoisotopic (exact) mass is 228 g/mol. The summed E-state index contributed by atoms with van der Waals surface area (Å²) in [5.41, 5.74) is 3.62. The van der Waals surface area contributed by atoms with Gasteiger partial charge in [-0.2, -0.15) is 0 Å². The highest BCUT2D eigenvalue weighted by molar-refractivity contribution is 5.69. The van der Waals surface area contributed by atoms with Gasteiger partial charge in [-0.05, 0) is 19.3 Å². The van der Waals surface area contributed by atoms with E-state index in [-0.39, 0.29) is 5.97 Å². The van der Waals surface area contributed by atoms with Crippen molar-refractivity contribution in [1.29, 1.82) is 0 Å². The summed E-state index contributed by atoms with van der Waals surface area (Å²) >= 11 is 0. The Labute approximate surface area is 99.0 Å². The van der Waals surface area contributed by atoms with Crippen LogP contribution in [-0.2, 0) is 9.53 Å². The molecule has 0 aromatic heterocycles. The van der Waals surface area contributed by atoms with Gasteiger partial charge in [0.1, 0.15) is 13.2 Å². The fraction of sp³-hybridized carbons (Fsp3) is 0.769. The second-order valence-corrected chi connectivity index (χ2v) is 4.02. The number of ether oxygens (including phenoxy) is 1. The summed E-state index contributed by atoms with van der Waals surface area (Å²) in [6.45, 7) is 4.82. The average molecular weight is 228 g/mol. The zero-order valence-corrected chi connectivity index (χ0v) is 10.4. The van der Waals surface area contributed by atoms with Gasteiger partial charge in [-0.3, -0.25) is 4.79 Å². The maximum Gasteiger partial charge on any atom is 0.305 e. The zero-order chi connectivity index (χ0) is 12.1. The smallest absolute Gasteiger partial charge is 0.305 e. The van der Waals surface area contributed by atoms with E-state index in [0.717, 1.165) is 19.3 Å². The van der Waals surface area contributed by atoms with Crippen LogP contribution >= 0.6 is 0 Å². The summed E-state index contributed by atoms with van der Waals surface area (Å²) in [7, 11) is 0. The molecule has 94 valence electrons. The maximum atomic E-state index is 11.1. The van der Waals surface area contributed by atoms with Gasteiger partial charge in [-0.15, -0.1) is 6.58 Å². The van der Waals surface area contributed by atoms with Crippen LogP contribution in [0, 0.1) is 0 Å². The highest BCUT2D eigenvalue weighted by Gasteiger charge is 2.01. The third-order valence-corrected chi connectivity index (χ3v) is 2.45. The number of esters is 1. The van der Waals surface area contributed by atoms with E-state index in [0.29, 0.717) is 19.6 Å². The molecule has 0 saturated carbocycles. The van der Waals surface area contributed by atoms with Gasteiger partial charge in [0.05, 0.1) is 0 Å². The van der Waals surface area contributed by atoms with Crippen molar-refractivity contribution in [1.82, 2.24) is 0 Å². The summed E-state index contributed by atoms with van der Waals surface area (Å²) in [6, 6.07) is 0. The van der Waals surface area contributed by atoms with Gasteiger partial charge in [0.2, 0.25) is 0 Å². The second kappa shape index (κ2) is 12.2. The van der Waals surface area contributed by atoms with Crippen molar-refractivity contribution < 1.29 is 15.3 Å². The van der Waals surface area contributed by atoms with Gasteiger partial charge in [0.25, 0.3) is 0 Å². The SMILES string of the molecule is C=CCCCCCCCCC(=O)OCC[NH3+]. The molecule has 3 N–H and O–H groups in total. The Morgan fingerprint density at radius 2 is 1.75 bits per heavy atom. The Morgan fingerprint density at radius 3 is 2.38 bits per heavy atom. The third-order valence-electron chi connectivity index (χ3n) is 2.45. The first-order valence-electron chi connectivity index (χ1n) is 6.37. The molecule has 0 heterocycles. The molecule has 0 atom stereocenters. The molecular formula is C13H26NO2+. The summed E-state index contributed by atoms with van der Waals surface area (Å²) < 4.78 is 4.94. The molecule has 0 amide bonds. The van der Waals surface area contributed by atoms with Crippen LogP contribution in [0.5, 0.6) is 0 Å². The first kappa shape index (κ1) is 15.2. The van der Waals surface area contributed by atoms with Crippen LogP contribution in [0.2, 0.25) is 0 Å². The van der Waals surface area contributed by atoms with Crippen LogP contribution in [-0.4, -0.2) is 19.1 Å². The molecular weight excluding hydrogens is 202 g/mol. The number of unbranched alkanes of at least 4 members (excludes halogenated alkanes) is 6. The molecule has 0 aliphatic carbocycles. The molecule has 0 aromatic rings. The first-order chi connectivity index (χ1) is 7.81. The molecule has 3 heteroatoms. The van der Waals surface area contributed by atoms with Crippen molar-refractivity contribution >= 4 is 5.97 Å². The summed E-state index contributed by atoms with van der Waals surface area (Å²) in [4.78, 5) is 11.1. The highest BCUT2D eigenvalue weighted by Crippen LogP contribution is 2.09. The molecule has 0 unspecified atom stereocenters. The standard InChI is InChI=1S/C13H25NO2/c1-2-3-4-5-6-7-8-9-10-13(15)16-12-11-14/h2H,1,3-12,14H2/p+1. The molecule has 0 saturated heterocycles. The zero-order valence-electron chi connectivity index (χ0n) is 10.4. The van der Waals surface area contributed by atoms with Gasteiger partial charge in [-0.1, -0.05) is 31.8 Å². The topological polar surface area (TPSA) is 53.9 Å². The maximum absolute atomic E-state index is 11.1. The number of hydrogen-bond acceptors (Lipinski definition) is 2. The van der Waals surface area contributed by atoms with E-state index in [9.17, 15) is 4.79 Å². The van der Waals surface area contributed by atoms with Crippen LogP contribution in [0.15, 0.2) is 12.7 Å². The van der Waals surface area contributed by atoms with Crippen molar-refractivity contribution in [2.45, 2.75) is 51.4 Å². The number of quaternary nitrogens is 1. The quantitative estimate of drug-likeness (QED) is 0.334. The third kappa shape index (κ3) is 11.2. The molecule has 16 heavy (non-hydrogen) atoms. The van der Waals surface area contributed by atoms with E-state index >= 15 is 0 Å². The molecule has 0 spiro atoms. The van der Waals surface area contributed by atoms with Crippen molar-refractivity contribution in [3.05, 3.63) is 12.7 Å². The largest absolute Gasteiger partial charge is 0.460 e. The minimum absolute atomic E-state index is 0.0738. The number of carbonyl (C=O) groups excluding carboxylic acids is 1. The number of carbonyl (C=O) groups is 1. The lowest BCUT2D eigenvalue weighted by Crippen LogP contribution is -2.52. The van der Waals surface area contributed by atoms with Crippen LogP contribution in [0.1, 0.15) is 51.4 Å². The summed E-state index contributed by atoms with van der Waals surface area (Å²) in [6.07, 6.45) is 10.8. The fourth-order valence-corrected chi connectivity index (χ4v) is 1.52. The summed E-state index contributed by atoms with van der Waals surface area (Å²) in [5.74, 6) is -0.0738. The highest BCUT2D eigenvalue weighted by atomic mass is 16.5. The Bertz CT molecular complexity index is 181. The second-order valence-electron chi connectivity index (χ2n) is 4.02. The van der Waals surface area contributed by atoms with Crippen LogP contribution in [0.3, 0.4) is 0 Å². The molecule has 0 bridgehead atoms. The lowest BCUT2D eigenvalue weighted by molar-refractivity contribution is -0.372. The Balaban J connectivity index is 3.08. The van der Waals surface area contributed by atoms with E-state index < -0.39 is 0 Å². The number of hydrogen-bond donors (Lipinski definition) is 1. The van der Waals surface area contributed by atoms with Gasteiger partial charge >= 0.3 is 5.97 Å². The van der Waals surface area contributed by atoms with Crippen LogP contribution in [0.4, 0.5) is 0 Å². The Morgan fingerprint density at radius 1 is 1.12 bits per heavy atom. The van der Waals surface area contributed by atoms with E-state index in [1.54, 1.807) is 0 Å². The predicted octanol–water partition coefficient (Wildman–Crippen LogP) is 2.08. The van der Waals surface area contributed by atoms with Gasteiger partial charge in [-0.25, -0.2) is 0 Å². The van der Waals surface area contributed by atoms with Crippen molar-refractivity contribution in [3.8, 4) is 0 Å². The molecule has 0 radical (unpaired) electrons. The van der Waals surface area contributed by atoms with Crippen LogP contribution in [0.25, 0.3) is 0 Å². The number of allylic oxidation sites excluding steroid dienone is 1. The first-order valence-corrected chi connectivity index (χ1v) is 6.37. The van der Waals surface area contributed by atoms with Crippen molar-refractivity contribution in [3.63, 3.8) is 0 Å². The lowest BCUT2D eigenvalue weighted by Gasteiger charge is -2.02. The number of rotatable bonds is 11. The lowest BCUT2D eigenvalue weighted by atomic mass is 10.1. The molecule has 0 rings (SSSR count). The molecule has 0 aromatic carbocycles. The Hall–Kier alpha value is -0.830. The molecule has 3 nitrogen and oxygen atoms in total. The van der Waals surface area contributed by atoms with Gasteiger partial charge < -0.3 is 10.5 Å². The minimum Gasteiger partial charge on any atom is -0.460 e.